The number of aromatic hydroxyl groups is 2. The Hall–Kier alpha value is -2.44. The number of anilines is 2. The first kappa shape index (κ1) is 12.0. The van der Waals surface area contributed by atoms with Crippen molar-refractivity contribution in [2.75, 3.05) is 24.2 Å². The molecule has 1 aromatic heterocycles. The van der Waals surface area contributed by atoms with Gasteiger partial charge in [0.1, 0.15) is 0 Å². The number of H-pyrrole nitrogens is 1. The first-order valence-corrected chi connectivity index (χ1v) is 5.55. The van der Waals surface area contributed by atoms with Crippen LogP contribution in [0.3, 0.4) is 0 Å². The number of hydrogen-bond acceptors (Lipinski definition) is 6. The van der Waals surface area contributed by atoms with Crippen LogP contribution < -0.4 is 10.6 Å². The predicted octanol–water partition coefficient (Wildman–Crippen LogP) is 0.912. The number of aromatic nitrogens is 3. The molecular formula is C11H15N5O2. The molecule has 0 fully saturated rings. The first-order chi connectivity index (χ1) is 8.70. The van der Waals surface area contributed by atoms with Crippen LogP contribution >= 0.6 is 0 Å². The zero-order chi connectivity index (χ0) is 13.0. The average Bonchev–Trinajstić information content (AvgIpc) is 2.82. The molecule has 18 heavy (non-hydrogen) atoms. The van der Waals surface area contributed by atoms with Gasteiger partial charge in [-0.2, -0.15) is 0 Å². The molecule has 5 N–H and O–H groups in total. The maximum Gasteiger partial charge on any atom is 0.223 e. The molecule has 96 valence electrons. The Morgan fingerprint density at radius 3 is 2.72 bits per heavy atom. The molecule has 0 radical (unpaired) electrons. The molecule has 0 aliphatic heterocycles. The van der Waals surface area contributed by atoms with Crippen molar-refractivity contribution in [2.45, 2.75) is 6.42 Å². The lowest BCUT2D eigenvalue weighted by Gasteiger charge is -2.06. The van der Waals surface area contributed by atoms with Crippen molar-refractivity contribution in [3.05, 3.63) is 23.8 Å². The molecule has 0 atom stereocenters. The van der Waals surface area contributed by atoms with Crippen LogP contribution in [-0.4, -0.2) is 39.0 Å². The van der Waals surface area contributed by atoms with Crippen LogP contribution in [0.1, 0.15) is 5.56 Å². The molecule has 7 nitrogen and oxygen atoms in total. The Labute approximate surface area is 104 Å². The van der Waals surface area contributed by atoms with E-state index in [1.807, 2.05) is 0 Å². The number of rotatable bonds is 5. The maximum absolute atomic E-state index is 9.61. The third-order valence-corrected chi connectivity index (χ3v) is 2.51. The number of aromatic amines is 1. The van der Waals surface area contributed by atoms with Gasteiger partial charge in [0.2, 0.25) is 11.9 Å². The van der Waals surface area contributed by atoms with Crippen LogP contribution in [0.2, 0.25) is 0 Å². The minimum Gasteiger partial charge on any atom is -0.504 e. The standard InChI is InChI=1S/C11H15N5O2/c1-12-10-14-11(16-15-10)13-6-5-7-3-2-4-8(17)9(7)18/h2-4,17-18H,5-6H2,1H3,(H3,12,13,14,15,16). The van der Waals surface area contributed by atoms with E-state index >= 15 is 0 Å². The molecule has 0 unspecified atom stereocenters. The Morgan fingerprint density at radius 1 is 1.22 bits per heavy atom. The SMILES string of the molecule is CNc1nnc(NCCc2cccc(O)c2O)[nH]1. The molecule has 0 bridgehead atoms. The maximum atomic E-state index is 9.61. The van der Waals surface area contributed by atoms with Crippen LogP contribution in [0, 0.1) is 0 Å². The Morgan fingerprint density at radius 2 is 2.00 bits per heavy atom. The molecule has 0 saturated carbocycles. The van der Waals surface area contributed by atoms with Gasteiger partial charge in [-0.15, -0.1) is 10.2 Å². The normalized spacial score (nSPS) is 10.3. The number of nitrogens with zero attached hydrogens (tertiary/aromatic N) is 2. The zero-order valence-electron chi connectivity index (χ0n) is 9.94. The molecule has 0 amide bonds. The van der Waals surface area contributed by atoms with Crippen molar-refractivity contribution in [1.29, 1.82) is 0 Å². The second-order valence-electron chi connectivity index (χ2n) is 3.73. The highest BCUT2D eigenvalue weighted by Gasteiger charge is 2.06. The van der Waals surface area contributed by atoms with Crippen LogP contribution in [0.5, 0.6) is 11.5 Å². The largest absolute Gasteiger partial charge is 0.504 e. The summed E-state index contributed by atoms with van der Waals surface area (Å²) in [4.78, 5) is 2.92. The van der Waals surface area contributed by atoms with Gasteiger partial charge in [0.15, 0.2) is 11.5 Å². The Balaban J connectivity index is 1.90. The number of phenolic OH excluding ortho intramolecular Hbond substituents is 2. The molecule has 0 aliphatic rings. The lowest BCUT2D eigenvalue weighted by Crippen LogP contribution is -2.06. The summed E-state index contributed by atoms with van der Waals surface area (Å²) in [6, 6.07) is 4.90. The summed E-state index contributed by atoms with van der Waals surface area (Å²) in [5.41, 5.74) is 0.677. The van der Waals surface area contributed by atoms with E-state index in [0.717, 1.165) is 0 Å². The summed E-state index contributed by atoms with van der Waals surface area (Å²) < 4.78 is 0. The van der Waals surface area contributed by atoms with E-state index in [1.54, 1.807) is 19.2 Å². The van der Waals surface area contributed by atoms with Crippen molar-refractivity contribution in [3.63, 3.8) is 0 Å². The van der Waals surface area contributed by atoms with Gasteiger partial charge in [-0.3, -0.25) is 4.98 Å². The van der Waals surface area contributed by atoms with E-state index in [4.69, 9.17) is 0 Å². The summed E-state index contributed by atoms with van der Waals surface area (Å²) in [6.45, 7) is 0.565. The van der Waals surface area contributed by atoms with Crippen LogP contribution in [0.15, 0.2) is 18.2 Å². The first-order valence-electron chi connectivity index (χ1n) is 5.55. The lowest BCUT2D eigenvalue weighted by atomic mass is 10.1. The zero-order valence-corrected chi connectivity index (χ0v) is 9.94. The minimum absolute atomic E-state index is 0.0761. The van der Waals surface area contributed by atoms with Gasteiger partial charge in [0.25, 0.3) is 0 Å². The smallest absolute Gasteiger partial charge is 0.223 e. The van der Waals surface area contributed by atoms with Gasteiger partial charge in [-0.25, -0.2) is 0 Å². The predicted molar refractivity (Wildman–Crippen MR) is 67.9 cm³/mol. The van der Waals surface area contributed by atoms with Gasteiger partial charge in [0.05, 0.1) is 0 Å². The molecule has 2 aromatic rings. The number of hydrogen-bond donors (Lipinski definition) is 5. The quantitative estimate of drug-likeness (QED) is 0.504. The summed E-state index contributed by atoms with van der Waals surface area (Å²) in [7, 11) is 1.75. The summed E-state index contributed by atoms with van der Waals surface area (Å²) in [5, 5.41) is 32.5. The highest BCUT2D eigenvalue weighted by atomic mass is 16.3. The fourth-order valence-electron chi connectivity index (χ4n) is 1.55. The summed E-state index contributed by atoms with van der Waals surface area (Å²) in [6.07, 6.45) is 0.565. The number of para-hydroxylation sites is 1. The minimum atomic E-state index is -0.107. The summed E-state index contributed by atoms with van der Waals surface area (Å²) >= 11 is 0. The van der Waals surface area contributed by atoms with Crippen molar-refractivity contribution >= 4 is 11.9 Å². The second kappa shape index (κ2) is 5.26. The number of benzene rings is 1. The fraction of sp³-hybridized carbons (Fsp3) is 0.273. The number of nitrogens with one attached hydrogen (secondary N) is 3. The summed E-state index contributed by atoms with van der Waals surface area (Å²) in [5.74, 6) is 0.953. The van der Waals surface area contributed by atoms with Crippen molar-refractivity contribution in [3.8, 4) is 11.5 Å². The van der Waals surface area contributed by atoms with Crippen molar-refractivity contribution < 1.29 is 10.2 Å². The van der Waals surface area contributed by atoms with E-state index in [1.165, 1.54) is 6.07 Å². The van der Waals surface area contributed by atoms with E-state index in [9.17, 15) is 10.2 Å². The third kappa shape index (κ3) is 2.62. The van der Waals surface area contributed by atoms with Gasteiger partial charge < -0.3 is 20.8 Å². The topological polar surface area (TPSA) is 106 Å². The lowest BCUT2D eigenvalue weighted by molar-refractivity contribution is 0.399. The molecule has 0 aliphatic carbocycles. The number of phenols is 2. The molecule has 0 spiro atoms. The van der Waals surface area contributed by atoms with Crippen molar-refractivity contribution in [2.24, 2.45) is 0 Å². The van der Waals surface area contributed by atoms with E-state index < -0.39 is 0 Å². The Kier molecular flexibility index (Phi) is 3.52. The third-order valence-electron chi connectivity index (χ3n) is 2.51. The van der Waals surface area contributed by atoms with Gasteiger partial charge >= 0.3 is 0 Å². The van der Waals surface area contributed by atoms with E-state index in [2.05, 4.69) is 25.8 Å². The molecule has 7 heteroatoms. The monoisotopic (exact) mass is 249 g/mol. The second-order valence-corrected chi connectivity index (χ2v) is 3.73. The van der Waals surface area contributed by atoms with Crippen LogP contribution in [0.25, 0.3) is 0 Å². The average molecular weight is 249 g/mol. The van der Waals surface area contributed by atoms with Gasteiger partial charge in [-0.05, 0) is 18.1 Å². The highest BCUT2D eigenvalue weighted by Crippen LogP contribution is 2.28. The fourth-order valence-corrected chi connectivity index (χ4v) is 1.55. The van der Waals surface area contributed by atoms with E-state index in [-0.39, 0.29) is 11.5 Å². The van der Waals surface area contributed by atoms with Gasteiger partial charge in [0, 0.05) is 13.6 Å². The highest BCUT2D eigenvalue weighted by molar-refractivity contribution is 5.44. The molecular weight excluding hydrogens is 234 g/mol. The molecule has 0 saturated heterocycles. The molecule has 1 heterocycles. The molecule has 2 rings (SSSR count). The van der Waals surface area contributed by atoms with Crippen LogP contribution in [0.4, 0.5) is 11.9 Å². The van der Waals surface area contributed by atoms with Crippen LogP contribution in [-0.2, 0) is 6.42 Å². The Bertz CT molecular complexity index is 526. The van der Waals surface area contributed by atoms with Gasteiger partial charge in [-0.1, -0.05) is 12.1 Å². The van der Waals surface area contributed by atoms with Crippen molar-refractivity contribution in [1.82, 2.24) is 15.2 Å². The van der Waals surface area contributed by atoms with E-state index in [0.29, 0.717) is 30.4 Å². The molecule has 1 aromatic carbocycles.